The van der Waals surface area contributed by atoms with Crippen molar-refractivity contribution in [2.24, 2.45) is 5.73 Å². The maximum Gasteiger partial charge on any atom is 0.301 e. The molecule has 0 atom stereocenters. The third kappa shape index (κ3) is 2.88. The lowest BCUT2D eigenvalue weighted by atomic mass is 10.4. The molecule has 0 saturated carbocycles. The van der Waals surface area contributed by atoms with Crippen molar-refractivity contribution < 1.29 is 14.4 Å². The molecule has 0 unspecified atom stereocenters. The van der Waals surface area contributed by atoms with Crippen molar-refractivity contribution in [3.05, 3.63) is 0 Å². The van der Waals surface area contributed by atoms with Crippen LogP contribution in [0.1, 0.15) is 0 Å². The van der Waals surface area contributed by atoms with Crippen LogP contribution in [0.2, 0.25) is 0 Å². The lowest BCUT2D eigenvalue weighted by Gasteiger charge is -1.94. The van der Waals surface area contributed by atoms with Crippen molar-refractivity contribution in [3.63, 3.8) is 0 Å². The number of carbonyl (C=O) groups is 3. The smallest absolute Gasteiger partial charge is 0.301 e. The van der Waals surface area contributed by atoms with Gasteiger partial charge in [0.25, 0.3) is 5.78 Å². The molecule has 0 aromatic carbocycles. The van der Waals surface area contributed by atoms with Crippen LogP contribution in [0, 0.1) is 0 Å². The number of ketones is 1. The average Bonchev–Trinajstić information content (AvgIpc) is 1.85. The molecule has 0 radical (unpaired) electrons. The first-order chi connectivity index (χ1) is 4.57. The van der Waals surface area contributed by atoms with E-state index in [0.717, 1.165) is 0 Å². The number of rotatable bonds is 2. The predicted molar refractivity (Wildman–Crippen MR) is 36.0 cm³/mol. The number of carbonyl (C=O) groups excluding carboxylic acids is 3. The fraction of sp³-hybridized carbons (Fsp3) is 0. The minimum absolute atomic E-state index is 0.117. The fourth-order valence-electron chi connectivity index (χ4n) is 0.227. The van der Waals surface area contributed by atoms with Crippen molar-refractivity contribution in [2.75, 3.05) is 0 Å². The summed E-state index contributed by atoms with van der Waals surface area (Å²) in [6, 6.07) is 0. The summed E-state index contributed by atoms with van der Waals surface area (Å²) in [6.07, 6.45) is -0.117. The lowest BCUT2D eigenvalue weighted by molar-refractivity contribution is -0.140. The first-order valence-corrected chi connectivity index (χ1v) is 2.58. The largest absolute Gasteiger partial charge is 0.376 e. The van der Waals surface area contributed by atoms with Gasteiger partial charge in [0, 0.05) is 0 Å². The van der Waals surface area contributed by atoms with E-state index in [-0.39, 0.29) is 11.4 Å². The van der Waals surface area contributed by atoms with Crippen molar-refractivity contribution in [3.8, 4) is 0 Å². The molecule has 0 aliphatic heterocycles. The maximum atomic E-state index is 10.3. The van der Waals surface area contributed by atoms with Crippen LogP contribution < -0.4 is 11.1 Å². The van der Waals surface area contributed by atoms with Crippen LogP contribution >= 0.6 is 12.2 Å². The molecular formula is C4H4N2O3S. The van der Waals surface area contributed by atoms with Gasteiger partial charge in [-0.2, -0.15) is 0 Å². The Hall–Kier alpha value is -1.30. The number of nitrogens with one attached hydrogen (secondary N) is 1. The molecular weight excluding hydrogens is 156 g/mol. The van der Waals surface area contributed by atoms with Gasteiger partial charge in [0.2, 0.25) is 0 Å². The van der Waals surface area contributed by atoms with Gasteiger partial charge in [-0.1, -0.05) is 0 Å². The second-order valence-corrected chi connectivity index (χ2v) is 1.74. The standard InChI is InChI=1S/C4H4N2O3S/c5-4(10)6-3(9)2(8)1-7/h1H,(H3,5,6,9,10). The molecule has 54 valence electrons. The predicted octanol–water partition coefficient (Wildman–Crippen LogP) is -1.89. The van der Waals surface area contributed by atoms with E-state index in [2.05, 4.69) is 12.2 Å². The summed E-state index contributed by atoms with van der Waals surface area (Å²) in [5.74, 6) is -2.31. The molecule has 1 amide bonds. The van der Waals surface area contributed by atoms with Gasteiger partial charge in [-0.15, -0.1) is 0 Å². The molecule has 0 spiro atoms. The molecule has 0 saturated heterocycles. The third-order valence-corrected chi connectivity index (χ3v) is 0.670. The van der Waals surface area contributed by atoms with Crippen LogP contribution in [0.15, 0.2) is 0 Å². The van der Waals surface area contributed by atoms with Gasteiger partial charge in [0.05, 0.1) is 0 Å². The van der Waals surface area contributed by atoms with E-state index in [0.29, 0.717) is 0 Å². The van der Waals surface area contributed by atoms with E-state index >= 15 is 0 Å². The second kappa shape index (κ2) is 3.67. The van der Waals surface area contributed by atoms with Gasteiger partial charge < -0.3 is 5.73 Å². The summed E-state index contributed by atoms with van der Waals surface area (Å²) in [4.78, 5) is 30.1. The summed E-state index contributed by atoms with van der Waals surface area (Å²) < 4.78 is 0. The highest BCUT2D eigenvalue weighted by molar-refractivity contribution is 7.80. The number of amides is 1. The van der Waals surface area contributed by atoms with Gasteiger partial charge in [-0.3, -0.25) is 19.7 Å². The summed E-state index contributed by atoms with van der Waals surface area (Å²) in [5, 5.41) is 1.45. The van der Waals surface area contributed by atoms with Crippen LogP contribution in [-0.2, 0) is 14.4 Å². The molecule has 0 rings (SSSR count). The van der Waals surface area contributed by atoms with Crippen LogP contribution in [0.5, 0.6) is 0 Å². The number of nitrogens with two attached hydrogens (primary N) is 1. The van der Waals surface area contributed by atoms with Gasteiger partial charge in [0.1, 0.15) is 0 Å². The Kier molecular flexibility index (Phi) is 3.20. The number of Topliss-reactive ketones (excluding diaryl/α,β-unsaturated/α-hetero) is 1. The molecule has 0 aromatic rings. The minimum atomic E-state index is -1.20. The molecule has 0 bridgehead atoms. The van der Waals surface area contributed by atoms with E-state index in [9.17, 15) is 14.4 Å². The Labute approximate surface area is 61.6 Å². The highest BCUT2D eigenvalue weighted by Gasteiger charge is 2.11. The Morgan fingerprint density at radius 3 is 2.30 bits per heavy atom. The molecule has 0 aliphatic carbocycles. The molecule has 0 aromatic heterocycles. The van der Waals surface area contributed by atoms with Crippen molar-refractivity contribution in [1.29, 1.82) is 0 Å². The Morgan fingerprint density at radius 2 is 2.00 bits per heavy atom. The zero-order valence-corrected chi connectivity index (χ0v) is 5.60. The van der Waals surface area contributed by atoms with Gasteiger partial charge in [-0.25, -0.2) is 0 Å². The Bertz CT molecular complexity index is 201. The van der Waals surface area contributed by atoms with Crippen LogP contribution in [-0.4, -0.2) is 23.1 Å². The van der Waals surface area contributed by atoms with Crippen LogP contribution in [0.4, 0.5) is 0 Å². The van der Waals surface area contributed by atoms with Crippen molar-refractivity contribution >= 4 is 35.3 Å². The van der Waals surface area contributed by atoms with E-state index in [1.807, 2.05) is 0 Å². The minimum Gasteiger partial charge on any atom is -0.376 e. The monoisotopic (exact) mass is 160 g/mol. The van der Waals surface area contributed by atoms with E-state index in [1.54, 1.807) is 5.32 Å². The second-order valence-electron chi connectivity index (χ2n) is 1.30. The lowest BCUT2D eigenvalue weighted by Crippen LogP contribution is -2.39. The average molecular weight is 160 g/mol. The van der Waals surface area contributed by atoms with Crippen LogP contribution in [0.25, 0.3) is 0 Å². The van der Waals surface area contributed by atoms with E-state index < -0.39 is 11.7 Å². The summed E-state index contributed by atoms with van der Waals surface area (Å²) in [5.41, 5.74) is 4.82. The fourth-order valence-corrected chi connectivity index (χ4v) is 0.320. The SMILES string of the molecule is NC(=S)NC(=O)C(=O)C=O. The molecule has 0 fully saturated rings. The first kappa shape index (κ1) is 8.70. The highest BCUT2D eigenvalue weighted by atomic mass is 32.1. The summed E-state index contributed by atoms with van der Waals surface area (Å²) >= 11 is 4.22. The molecule has 3 N–H and O–H groups in total. The molecule has 10 heavy (non-hydrogen) atoms. The van der Waals surface area contributed by atoms with Crippen molar-refractivity contribution in [2.45, 2.75) is 0 Å². The van der Waals surface area contributed by atoms with Gasteiger partial charge >= 0.3 is 5.91 Å². The molecule has 0 heterocycles. The van der Waals surface area contributed by atoms with Crippen molar-refractivity contribution in [1.82, 2.24) is 5.32 Å². The van der Waals surface area contributed by atoms with Crippen LogP contribution in [0.3, 0.4) is 0 Å². The van der Waals surface area contributed by atoms with E-state index in [4.69, 9.17) is 5.73 Å². The summed E-state index contributed by atoms with van der Waals surface area (Å²) in [6.45, 7) is 0. The molecule has 0 aliphatic rings. The number of thiocarbonyl (C=S) groups is 1. The first-order valence-electron chi connectivity index (χ1n) is 2.18. The highest BCUT2D eigenvalue weighted by Crippen LogP contribution is 1.66. The maximum absolute atomic E-state index is 10.3. The topological polar surface area (TPSA) is 89.3 Å². The van der Waals surface area contributed by atoms with Gasteiger partial charge in [0.15, 0.2) is 11.4 Å². The number of hydrogen-bond donors (Lipinski definition) is 2. The van der Waals surface area contributed by atoms with E-state index in [1.165, 1.54) is 0 Å². The zero-order chi connectivity index (χ0) is 8.15. The number of aldehydes is 1. The quantitative estimate of drug-likeness (QED) is 0.213. The third-order valence-electron chi connectivity index (χ3n) is 0.568. The number of hydrogen-bond acceptors (Lipinski definition) is 4. The molecule has 5 nitrogen and oxygen atoms in total. The normalized spacial score (nSPS) is 8.00. The Balaban J connectivity index is 3.98. The van der Waals surface area contributed by atoms with Gasteiger partial charge in [-0.05, 0) is 12.2 Å². The summed E-state index contributed by atoms with van der Waals surface area (Å²) in [7, 11) is 0. The molecule has 6 heteroatoms. The Morgan fingerprint density at radius 1 is 1.50 bits per heavy atom. The zero-order valence-electron chi connectivity index (χ0n) is 4.79.